The quantitative estimate of drug-likeness (QED) is 0.123. The van der Waals surface area contributed by atoms with Crippen molar-refractivity contribution in [3.8, 4) is 0 Å². The van der Waals surface area contributed by atoms with Gasteiger partial charge in [0.15, 0.2) is 4.32 Å². The van der Waals surface area contributed by atoms with E-state index >= 15 is 0 Å². The molecule has 0 bridgehead atoms. The Hall–Kier alpha value is -3.31. The Morgan fingerprint density at radius 3 is 2.59 bits per heavy atom. The van der Waals surface area contributed by atoms with Crippen LogP contribution in [-0.2, 0) is 14.3 Å². The van der Waals surface area contributed by atoms with E-state index in [1.165, 1.54) is 18.2 Å². The molecule has 0 saturated carbocycles. The van der Waals surface area contributed by atoms with Crippen molar-refractivity contribution in [3.05, 3.63) is 87.6 Å². The third-order valence-electron chi connectivity index (χ3n) is 4.25. The van der Waals surface area contributed by atoms with Crippen molar-refractivity contribution in [2.45, 2.75) is 6.92 Å². The van der Waals surface area contributed by atoms with Crippen LogP contribution >= 0.6 is 24.0 Å². The van der Waals surface area contributed by atoms with Crippen LogP contribution in [-0.4, -0.2) is 38.7 Å². The van der Waals surface area contributed by atoms with Gasteiger partial charge in [0.05, 0.1) is 17.2 Å². The second kappa shape index (κ2) is 10.3. The molecule has 0 unspecified atom stereocenters. The molecule has 1 N–H and O–H groups in total. The second-order valence-electron chi connectivity index (χ2n) is 6.38. The highest BCUT2D eigenvalue weighted by Crippen LogP contribution is 2.34. The molecule has 1 amide bonds. The minimum Gasteiger partial charge on any atom is -0.733 e. The lowest BCUT2D eigenvalue weighted by atomic mass is 10.0. The topological polar surface area (TPSA) is 110 Å². The highest BCUT2D eigenvalue weighted by atomic mass is 32.2. The Morgan fingerprint density at radius 2 is 1.94 bits per heavy atom. The van der Waals surface area contributed by atoms with E-state index in [9.17, 15) is 19.6 Å². The fraction of sp³-hybridized carbons (Fsp3) is 0.0909. The molecular weight excluding hydrogens is 452 g/mol. The van der Waals surface area contributed by atoms with Crippen LogP contribution in [0.5, 0.6) is 0 Å². The van der Waals surface area contributed by atoms with Crippen molar-refractivity contribution >= 4 is 57.7 Å². The van der Waals surface area contributed by atoms with Crippen molar-refractivity contribution in [2.24, 2.45) is 0 Å². The Kier molecular flexibility index (Phi) is 7.54. The third kappa shape index (κ3) is 5.29. The molecule has 1 heterocycles. The van der Waals surface area contributed by atoms with Crippen LogP contribution in [0.4, 0.5) is 5.69 Å². The molecule has 3 rings (SSSR count). The molecule has 1 fully saturated rings. The maximum Gasteiger partial charge on any atom is 0.343 e. The molecule has 0 aliphatic carbocycles. The SMILES string of the molecule is CCOC(=O)/C(=C\N1C(=O)/C(=C/c2cccc(N([O-])O)c2)SC1=S)C(=O)c1ccccc1. The number of esters is 1. The van der Waals surface area contributed by atoms with E-state index < -0.39 is 17.7 Å². The zero-order chi connectivity index (χ0) is 23.3. The van der Waals surface area contributed by atoms with Crippen molar-refractivity contribution in [3.63, 3.8) is 0 Å². The molecule has 164 valence electrons. The predicted octanol–water partition coefficient (Wildman–Crippen LogP) is 3.91. The van der Waals surface area contributed by atoms with Gasteiger partial charge in [0, 0.05) is 11.8 Å². The minimum atomic E-state index is -0.870. The van der Waals surface area contributed by atoms with Crippen molar-refractivity contribution in [1.82, 2.24) is 4.90 Å². The number of hydrogen-bond donors (Lipinski definition) is 1. The second-order valence-corrected chi connectivity index (χ2v) is 8.05. The zero-order valence-electron chi connectivity index (χ0n) is 16.8. The number of anilines is 1. The summed E-state index contributed by atoms with van der Waals surface area (Å²) in [7, 11) is 0. The summed E-state index contributed by atoms with van der Waals surface area (Å²) in [6, 6.07) is 14.1. The van der Waals surface area contributed by atoms with E-state index in [-0.39, 0.29) is 37.9 Å². The van der Waals surface area contributed by atoms with Gasteiger partial charge in [-0.3, -0.25) is 19.7 Å². The third-order valence-corrected chi connectivity index (χ3v) is 5.58. The number of thioether (sulfide) groups is 1. The lowest BCUT2D eigenvalue weighted by Gasteiger charge is -2.21. The first-order valence-electron chi connectivity index (χ1n) is 9.33. The van der Waals surface area contributed by atoms with Gasteiger partial charge in [-0.1, -0.05) is 66.4 Å². The number of carbonyl (C=O) groups is 3. The minimum absolute atomic E-state index is 0.00724. The number of ketones is 1. The van der Waals surface area contributed by atoms with Crippen LogP contribution in [0.25, 0.3) is 6.08 Å². The summed E-state index contributed by atoms with van der Waals surface area (Å²) in [5, 5.41) is 19.9. The molecule has 32 heavy (non-hydrogen) atoms. The number of benzene rings is 2. The van der Waals surface area contributed by atoms with Crippen LogP contribution in [0.15, 0.2) is 71.3 Å². The van der Waals surface area contributed by atoms with Gasteiger partial charge in [0.25, 0.3) is 5.91 Å². The number of amides is 1. The summed E-state index contributed by atoms with van der Waals surface area (Å²) in [5.41, 5.74) is 0.399. The fourth-order valence-electron chi connectivity index (χ4n) is 2.76. The number of Topliss-reactive ketones (excluding diaryl/α,β-unsaturated/α-hetero) is 1. The van der Waals surface area contributed by atoms with E-state index in [2.05, 4.69) is 0 Å². The smallest absolute Gasteiger partial charge is 0.343 e. The molecule has 10 heteroatoms. The molecule has 0 spiro atoms. The fourth-order valence-corrected chi connectivity index (χ4v) is 3.97. The summed E-state index contributed by atoms with van der Waals surface area (Å²) >= 11 is 6.24. The van der Waals surface area contributed by atoms with Gasteiger partial charge in [0.2, 0.25) is 5.78 Å². The van der Waals surface area contributed by atoms with Gasteiger partial charge >= 0.3 is 5.97 Å². The van der Waals surface area contributed by atoms with Gasteiger partial charge < -0.3 is 15.2 Å². The summed E-state index contributed by atoms with van der Waals surface area (Å²) < 4.78 is 5.12. The molecule has 1 aliphatic rings. The molecule has 0 radical (unpaired) electrons. The highest BCUT2D eigenvalue weighted by molar-refractivity contribution is 8.26. The van der Waals surface area contributed by atoms with Gasteiger partial charge in [-0.25, -0.2) is 4.79 Å². The maximum atomic E-state index is 12.9. The molecular formula is C22H17N2O6S2-. The summed E-state index contributed by atoms with van der Waals surface area (Å²) in [5.74, 6) is -2.02. The van der Waals surface area contributed by atoms with Gasteiger partial charge in [-0.15, -0.1) is 0 Å². The normalized spacial score (nSPS) is 15.3. The molecule has 1 aliphatic heterocycles. The molecule has 0 aromatic heterocycles. The first-order chi connectivity index (χ1) is 15.3. The lowest BCUT2D eigenvalue weighted by molar-refractivity contribution is -0.138. The van der Waals surface area contributed by atoms with E-state index in [1.807, 2.05) is 0 Å². The van der Waals surface area contributed by atoms with Gasteiger partial charge in [-0.05, 0) is 30.7 Å². The average Bonchev–Trinajstić information content (AvgIpc) is 3.04. The first-order valence-corrected chi connectivity index (χ1v) is 10.6. The molecule has 8 nitrogen and oxygen atoms in total. The molecule has 0 atom stereocenters. The Bertz CT molecular complexity index is 1130. The van der Waals surface area contributed by atoms with Gasteiger partial charge in [-0.2, -0.15) is 0 Å². The van der Waals surface area contributed by atoms with Crippen LogP contribution in [0.2, 0.25) is 0 Å². The van der Waals surface area contributed by atoms with E-state index in [0.29, 0.717) is 5.56 Å². The Morgan fingerprint density at radius 1 is 1.22 bits per heavy atom. The monoisotopic (exact) mass is 469 g/mol. The Balaban J connectivity index is 1.95. The number of carbonyl (C=O) groups excluding carboxylic acids is 3. The number of nitrogens with zero attached hydrogens (tertiary/aromatic N) is 2. The van der Waals surface area contributed by atoms with Crippen molar-refractivity contribution in [1.29, 1.82) is 0 Å². The van der Waals surface area contributed by atoms with E-state index in [4.69, 9.17) is 22.2 Å². The van der Waals surface area contributed by atoms with Crippen molar-refractivity contribution in [2.75, 3.05) is 11.8 Å². The van der Waals surface area contributed by atoms with Crippen molar-refractivity contribution < 1.29 is 24.3 Å². The van der Waals surface area contributed by atoms with Crippen LogP contribution in [0.1, 0.15) is 22.8 Å². The summed E-state index contributed by atoms with van der Waals surface area (Å²) in [4.78, 5) is 39.6. The van der Waals surface area contributed by atoms with Crippen LogP contribution < -0.4 is 5.23 Å². The van der Waals surface area contributed by atoms with Gasteiger partial charge in [0.1, 0.15) is 5.57 Å². The van der Waals surface area contributed by atoms with Crippen LogP contribution in [0.3, 0.4) is 0 Å². The molecule has 2 aromatic carbocycles. The largest absolute Gasteiger partial charge is 0.733 e. The van der Waals surface area contributed by atoms with E-state index in [1.54, 1.807) is 49.4 Å². The average molecular weight is 470 g/mol. The molecule has 2 aromatic rings. The number of hydrogen-bond acceptors (Lipinski definition) is 9. The predicted molar refractivity (Wildman–Crippen MR) is 125 cm³/mol. The molecule has 1 saturated heterocycles. The summed E-state index contributed by atoms with van der Waals surface area (Å²) in [6.07, 6.45) is 2.58. The summed E-state index contributed by atoms with van der Waals surface area (Å²) in [6.45, 7) is 1.66. The number of rotatable bonds is 7. The zero-order valence-corrected chi connectivity index (χ0v) is 18.4. The lowest BCUT2D eigenvalue weighted by Crippen LogP contribution is -2.26. The first kappa shape index (κ1) is 23.4. The Labute approximate surface area is 193 Å². The van der Waals surface area contributed by atoms with E-state index in [0.717, 1.165) is 22.9 Å². The highest BCUT2D eigenvalue weighted by Gasteiger charge is 2.33. The standard InChI is InChI=1S/C22H17N2O6S2/c1-2-30-21(27)17(19(25)15-8-4-3-5-9-15)13-23-20(26)18(32-22(23)31)12-14-7-6-10-16(11-14)24(28)29/h3-13,28H,2H2,1H3/q-1/b17-13-,18-12-. The van der Waals surface area contributed by atoms with Crippen LogP contribution in [0, 0.1) is 5.21 Å². The number of ether oxygens (including phenoxy) is 1. The number of thiocarbonyl (C=S) groups is 1. The maximum absolute atomic E-state index is 12.9.